The standard InChI is InChI=1S/C20H19BrIN3O5/c21-15-9-13(11-23-24-20(28)14-2-3-16(22)17(26)10-14)1-4-18(15)30-12-19(27)25-5-7-29-8-6-25/h1-4,9-11,26H,5-8,12H2,(H,24,28)/b23-11-. The van der Waals surface area contributed by atoms with Gasteiger partial charge < -0.3 is 19.5 Å². The second-order valence-electron chi connectivity index (χ2n) is 6.34. The van der Waals surface area contributed by atoms with E-state index < -0.39 is 5.91 Å². The van der Waals surface area contributed by atoms with Gasteiger partial charge in [-0.25, -0.2) is 5.43 Å². The molecule has 2 N–H and O–H groups in total. The number of hydrazone groups is 1. The van der Waals surface area contributed by atoms with Crippen molar-refractivity contribution in [1.82, 2.24) is 10.3 Å². The molecule has 2 aromatic carbocycles. The third kappa shape index (κ3) is 6.16. The minimum atomic E-state index is -0.432. The smallest absolute Gasteiger partial charge is 0.271 e. The zero-order valence-electron chi connectivity index (χ0n) is 15.8. The van der Waals surface area contributed by atoms with Crippen molar-refractivity contribution < 1.29 is 24.2 Å². The Labute approximate surface area is 195 Å². The number of benzene rings is 2. The van der Waals surface area contributed by atoms with Crippen LogP contribution in [0.4, 0.5) is 0 Å². The van der Waals surface area contributed by atoms with Crippen LogP contribution < -0.4 is 10.2 Å². The summed E-state index contributed by atoms with van der Waals surface area (Å²) in [6.07, 6.45) is 1.48. The monoisotopic (exact) mass is 587 g/mol. The van der Waals surface area contributed by atoms with Gasteiger partial charge in [-0.1, -0.05) is 0 Å². The van der Waals surface area contributed by atoms with Gasteiger partial charge in [0.05, 0.1) is 27.5 Å². The summed E-state index contributed by atoms with van der Waals surface area (Å²) in [6.45, 7) is 2.19. The summed E-state index contributed by atoms with van der Waals surface area (Å²) in [5.74, 6) is 0.0600. The molecule has 158 valence electrons. The van der Waals surface area contributed by atoms with E-state index in [1.807, 2.05) is 22.6 Å². The molecule has 1 fully saturated rings. The molecule has 30 heavy (non-hydrogen) atoms. The van der Waals surface area contributed by atoms with Crippen LogP contribution in [0.1, 0.15) is 15.9 Å². The van der Waals surface area contributed by atoms with Crippen molar-refractivity contribution in [3.8, 4) is 11.5 Å². The van der Waals surface area contributed by atoms with Gasteiger partial charge in [-0.3, -0.25) is 9.59 Å². The van der Waals surface area contributed by atoms with Crippen LogP contribution >= 0.6 is 38.5 Å². The number of carbonyl (C=O) groups is 2. The van der Waals surface area contributed by atoms with Crippen molar-refractivity contribution in [3.05, 3.63) is 55.6 Å². The van der Waals surface area contributed by atoms with E-state index in [1.54, 1.807) is 35.2 Å². The van der Waals surface area contributed by atoms with Crippen LogP contribution in [-0.4, -0.2) is 60.9 Å². The predicted molar refractivity (Wildman–Crippen MR) is 123 cm³/mol. The summed E-state index contributed by atoms with van der Waals surface area (Å²) >= 11 is 5.39. The molecule has 0 unspecified atom stereocenters. The molecule has 2 aromatic rings. The number of nitrogens with one attached hydrogen (secondary N) is 1. The van der Waals surface area contributed by atoms with Crippen molar-refractivity contribution in [2.75, 3.05) is 32.9 Å². The lowest BCUT2D eigenvalue weighted by Gasteiger charge is -2.26. The number of aromatic hydroxyl groups is 1. The minimum absolute atomic E-state index is 0.0406. The van der Waals surface area contributed by atoms with Gasteiger partial charge in [-0.15, -0.1) is 0 Å². The zero-order valence-corrected chi connectivity index (χ0v) is 19.6. The Kier molecular flexibility index (Phi) is 8.05. The number of halogens is 2. The number of phenolic OH excluding ortho intramolecular Hbond substituents is 1. The number of hydrogen-bond donors (Lipinski definition) is 2. The summed E-state index contributed by atoms with van der Waals surface area (Å²) < 4.78 is 12.2. The maximum atomic E-state index is 12.2. The number of carbonyl (C=O) groups excluding carboxylic acids is 2. The summed E-state index contributed by atoms with van der Waals surface area (Å²) in [6, 6.07) is 9.87. The molecule has 3 rings (SSSR count). The number of hydrogen-bond acceptors (Lipinski definition) is 6. The van der Waals surface area contributed by atoms with E-state index in [0.717, 1.165) is 5.56 Å². The molecule has 0 aromatic heterocycles. The van der Waals surface area contributed by atoms with Crippen molar-refractivity contribution in [1.29, 1.82) is 0 Å². The summed E-state index contributed by atoms with van der Waals surface area (Å²) in [5.41, 5.74) is 3.44. The second-order valence-corrected chi connectivity index (χ2v) is 8.35. The van der Waals surface area contributed by atoms with Crippen molar-refractivity contribution in [2.24, 2.45) is 5.10 Å². The number of morpholine rings is 1. The molecule has 0 saturated carbocycles. The first-order valence-corrected chi connectivity index (χ1v) is 10.9. The fourth-order valence-electron chi connectivity index (χ4n) is 2.64. The van der Waals surface area contributed by atoms with Gasteiger partial charge in [-0.2, -0.15) is 5.10 Å². The first kappa shape index (κ1) is 22.5. The van der Waals surface area contributed by atoms with Crippen molar-refractivity contribution >= 4 is 56.5 Å². The van der Waals surface area contributed by atoms with E-state index in [4.69, 9.17) is 9.47 Å². The third-order valence-electron chi connectivity index (χ3n) is 4.26. The highest BCUT2D eigenvalue weighted by Gasteiger charge is 2.17. The Morgan fingerprint density at radius 3 is 2.73 bits per heavy atom. The Morgan fingerprint density at radius 2 is 2.03 bits per heavy atom. The SMILES string of the molecule is O=C(N/N=C\c1ccc(OCC(=O)N2CCOCC2)c(Br)c1)c1ccc(I)c(O)c1. The highest BCUT2D eigenvalue weighted by atomic mass is 127. The number of phenols is 1. The Bertz CT molecular complexity index is 963. The maximum absolute atomic E-state index is 12.2. The highest BCUT2D eigenvalue weighted by molar-refractivity contribution is 14.1. The fourth-order valence-corrected chi connectivity index (χ4v) is 3.49. The van der Waals surface area contributed by atoms with Crippen LogP contribution in [-0.2, 0) is 9.53 Å². The van der Waals surface area contributed by atoms with E-state index in [1.165, 1.54) is 12.3 Å². The molecule has 0 bridgehead atoms. The van der Waals surface area contributed by atoms with Gasteiger partial charge in [0, 0.05) is 18.7 Å². The molecule has 1 aliphatic rings. The van der Waals surface area contributed by atoms with E-state index in [2.05, 4.69) is 26.5 Å². The average Bonchev–Trinajstić information content (AvgIpc) is 2.75. The molecule has 0 radical (unpaired) electrons. The Hall–Kier alpha value is -2.18. The molecular weight excluding hydrogens is 569 g/mol. The number of rotatable bonds is 6. The van der Waals surface area contributed by atoms with Gasteiger partial charge in [0.2, 0.25) is 0 Å². The lowest BCUT2D eigenvalue weighted by Crippen LogP contribution is -2.43. The minimum Gasteiger partial charge on any atom is -0.507 e. The molecule has 10 heteroatoms. The lowest BCUT2D eigenvalue weighted by atomic mass is 10.2. The lowest BCUT2D eigenvalue weighted by molar-refractivity contribution is -0.137. The molecular formula is C20H19BrIN3O5. The number of ether oxygens (including phenoxy) is 2. The molecule has 1 saturated heterocycles. The van der Waals surface area contributed by atoms with Gasteiger partial charge in [0.15, 0.2) is 6.61 Å². The average molecular weight is 588 g/mol. The molecule has 0 atom stereocenters. The van der Waals surface area contributed by atoms with Crippen LogP contribution in [0.15, 0.2) is 46.0 Å². The Balaban J connectivity index is 1.53. The number of nitrogens with zero attached hydrogens (tertiary/aromatic N) is 2. The molecule has 0 spiro atoms. The molecule has 0 aliphatic carbocycles. The summed E-state index contributed by atoms with van der Waals surface area (Å²) in [5, 5.41) is 13.6. The van der Waals surface area contributed by atoms with E-state index in [0.29, 0.717) is 45.7 Å². The first-order valence-electron chi connectivity index (χ1n) is 9.04. The molecule has 1 heterocycles. The fraction of sp³-hybridized carbons (Fsp3) is 0.250. The summed E-state index contributed by atoms with van der Waals surface area (Å²) in [7, 11) is 0. The molecule has 2 amide bonds. The van der Waals surface area contributed by atoms with Crippen LogP contribution in [0.25, 0.3) is 0 Å². The van der Waals surface area contributed by atoms with Crippen LogP contribution in [0, 0.1) is 3.57 Å². The van der Waals surface area contributed by atoms with Crippen LogP contribution in [0.3, 0.4) is 0 Å². The largest absolute Gasteiger partial charge is 0.507 e. The van der Waals surface area contributed by atoms with Gasteiger partial charge in [0.25, 0.3) is 11.8 Å². The van der Waals surface area contributed by atoms with E-state index in [9.17, 15) is 14.7 Å². The van der Waals surface area contributed by atoms with Gasteiger partial charge >= 0.3 is 0 Å². The Morgan fingerprint density at radius 1 is 1.27 bits per heavy atom. The maximum Gasteiger partial charge on any atom is 0.271 e. The van der Waals surface area contributed by atoms with Crippen LogP contribution in [0.2, 0.25) is 0 Å². The highest BCUT2D eigenvalue weighted by Crippen LogP contribution is 2.25. The number of amides is 2. The normalized spacial score (nSPS) is 14.0. The first-order chi connectivity index (χ1) is 14.4. The molecule has 8 nitrogen and oxygen atoms in total. The molecule has 1 aliphatic heterocycles. The zero-order chi connectivity index (χ0) is 21.5. The van der Waals surface area contributed by atoms with Gasteiger partial charge in [0.1, 0.15) is 11.5 Å². The topological polar surface area (TPSA) is 100 Å². The van der Waals surface area contributed by atoms with Crippen LogP contribution in [0.5, 0.6) is 11.5 Å². The van der Waals surface area contributed by atoms with E-state index in [-0.39, 0.29) is 18.3 Å². The van der Waals surface area contributed by atoms with Crippen molar-refractivity contribution in [2.45, 2.75) is 0 Å². The third-order valence-corrected chi connectivity index (χ3v) is 5.79. The van der Waals surface area contributed by atoms with Crippen molar-refractivity contribution in [3.63, 3.8) is 0 Å². The second kappa shape index (κ2) is 10.7. The summed E-state index contributed by atoms with van der Waals surface area (Å²) in [4.78, 5) is 26.0. The van der Waals surface area contributed by atoms with Gasteiger partial charge in [-0.05, 0) is 80.5 Å². The predicted octanol–water partition coefficient (Wildman–Crippen LogP) is 2.76. The quantitative estimate of drug-likeness (QED) is 0.308. The van der Waals surface area contributed by atoms with E-state index >= 15 is 0 Å².